The first kappa shape index (κ1) is 13.5. The first-order chi connectivity index (χ1) is 8.10. The molecule has 1 N–H and O–H groups in total. The van der Waals surface area contributed by atoms with Crippen LogP contribution in [0, 0.1) is 0 Å². The van der Waals surface area contributed by atoms with Crippen LogP contribution in [-0.4, -0.2) is 23.0 Å². The second-order valence-corrected chi connectivity index (χ2v) is 3.93. The summed E-state index contributed by atoms with van der Waals surface area (Å²) in [7, 11) is 0. The van der Waals surface area contributed by atoms with Crippen molar-refractivity contribution in [2.24, 2.45) is 5.11 Å². The van der Waals surface area contributed by atoms with Gasteiger partial charge in [0, 0.05) is 15.5 Å². The molecular formula is C11H12ClN3O2. The van der Waals surface area contributed by atoms with Gasteiger partial charge in [0.25, 0.3) is 0 Å². The average Bonchev–Trinajstić information content (AvgIpc) is 2.35. The summed E-state index contributed by atoms with van der Waals surface area (Å²) in [6, 6.07) is 5.12. The zero-order valence-electron chi connectivity index (χ0n) is 9.25. The van der Waals surface area contributed by atoms with Crippen molar-refractivity contribution < 1.29 is 9.90 Å². The Morgan fingerprint density at radius 1 is 1.53 bits per heavy atom. The molecule has 0 radical (unpaired) electrons. The number of nitrogens with zero attached hydrogens (tertiary/aromatic N) is 3. The molecule has 90 valence electrons. The van der Waals surface area contributed by atoms with E-state index >= 15 is 0 Å². The molecule has 5 nitrogen and oxygen atoms in total. The molecule has 0 aliphatic carbocycles. The quantitative estimate of drug-likeness (QED) is 0.378. The number of carbonyl (C=O) groups excluding carboxylic acids is 1. The van der Waals surface area contributed by atoms with E-state index in [0.29, 0.717) is 17.0 Å². The largest absolute Gasteiger partial charge is 0.392 e. The minimum absolute atomic E-state index is 0.336. The lowest BCUT2D eigenvalue weighted by Gasteiger charge is -2.15. The third-order valence-electron chi connectivity index (χ3n) is 2.36. The fourth-order valence-electron chi connectivity index (χ4n) is 1.37. The number of carbonyl (C=O) groups is 1. The van der Waals surface area contributed by atoms with Crippen molar-refractivity contribution in [3.8, 4) is 0 Å². The molecule has 1 rings (SSSR count). The Bertz CT molecular complexity index is 441. The van der Waals surface area contributed by atoms with E-state index in [1.165, 1.54) is 12.1 Å². The minimum atomic E-state index is -1.09. The van der Waals surface area contributed by atoms with Crippen LogP contribution >= 0.6 is 11.6 Å². The highest BCUT2D eigenvalue weighted by molar-refractivity contribution is 6.30. The summed E-state index contributed by atoms with van der Waals surface area (Å²) in [5.41, 5.74) is 8.76. The molecular weight excluding hydrogens is 242 g/mol. The number of hydrogen-bond donors (Lipinski definition) is 1. The summed E-state index contributed by atoms with van der Waals surface area (Å²) in [5, 5.41) is 13.5. The fraction of sp³-hybridized carbons (Fsp3) is 0.364. The second-order valence-electron chi connectivity index (χ2n) is 3.50. The van der Waals surface area contributed by atoms with Crippen LogP contribution in [0.3, 0.4) is 0 Å². The summed E-state index contributed by atoms with van der Waals surface area (Å²) in [6.07, 6.45) is -0.641. The second kappa shape index (κ2) is 6.25. The van der Waals surface area contributed by atoms with Crippen LogP contribution in [-0.2, 0) is 0 Å². The summed E-state index contributed by atoms with van der Waals surface area (Å²) < 4.78 is 0. The van der Waals surface area contributed by atoms with E-state index < -0.39 is 17.9 Å². The lowest BCUT2D eigenvalue weighted by atomic mass is 9.99. The van der Waals surface area contributed by atoms with E-state index in [4.69, 9.17) is 17.1 Å². The first-order valence-corrected chi connectivity index (χ1v) is 5.50. The van der Waals surface area contributed by atoms with Crippen molar-refractivity contribution in [1.29, 1.82) is 0 Å². The Hall–Kier alpha value is -1.55. The van der Waals surface area contributed by atoms with Crippen LogP contribution in [0.4, 0.5) is 0 Å². The Balaban J connectivity index is 2.99. The van der Waals surface area contributed by atoms with Crippen LogP contribution in [0.1, 0.15) is 23.7 Å². The minimum Gasteiger partial charge on any atom is -0.392 e. The van der Waals surface area contributed by atoms with E-state index in [1.807, 2.05) is 0 Å². The summed E-state index contributed by atoms with van der Waals surface area (Å²) in [5.74, 6) is -0.409. The monoisotopic (exact) mass is 253 g/mol. The van der Waals surface area contributed by atoms with Crippen LogP contribution < -0.4 is 0 Å². The average molecular weight is 254 g/mol. The van der Waals surface area contributed by atoms with Gasteiger partial charge in [0.15, 0.2) is 5.78 Å². The van der Waals surface area contributed by atoms with Crippen LogP contribution in [0.15, 0.2) is 29.4 Å². The highest BCUT2D eigenvalue weighted by Gasteiger charge is 2.25. The lowest BCUT2D eigenvalue weighted by Crippen LogP contribution is -2.31. The number of aliphatic hydroxyl groups excluding tert-OH is 1. The third-order valence-corrected chi connectivity index (χ3v) is 2.61. The molecule has 6 heteroatoms. The van der Waals surface area contributed by atoms with Gasteiger partial charge in [-0.15, -0.1) is 0 Å². The standard InChI is InChI=1S/C11H12ClN3O2/c1-2-9(16)10(14-15-13)11(17)7-3-5-8(12)6-4-7/h3-6,9-10,16H,2H2,1H3/t9-,10+/m0/s1. The molecule has 0 heterocycles. The Labute approximate surface area is 104 Å². The fourth-order valence-corrected chi connectivity index (χ4v) is 1.49. The molecule has 0 bridgehead atoms. The highest BCUT2D eigenvalue weighted by Crippen LogP contribution is 2.15. The van der Waals surface area contributed by atoms with Crippen molar-refractivity contribution in [2.75, 3.05) is 0 Å². The van der Waals surface area contributed by atoms with Gasteiger partial charge in [0.1, 0.15) is 6.04 Å². The van der Waals surface area contributed by atoms with Gasteiger partial charge in [0.2, 0.25) is 0 Å². The van der Waals surface area contributed by atoms with Gasteiger partial charge < -0.3 is 5.11 Å². The number of hydrogen-bond acceptors (Lipinski definition) is 3. The van der Waals surface area contributed by atoms with Crippen molar-refractivity contribution in [2.45, 2.75) is 25.5 Å². The van der Waals surface area contributed by atoms with Gasteiger partial charge in [-0.25, -0.2) is 0 Å². The highest BCUT2D eigenvalue weighted by atomic mass is 35.5. The molecule has 17 heavy (non-hydrogen) atoms. The normalized spacial score (nSPS) is 13.6. The smallest absolute Gasteiger partial charge is 0.174 e. The zero-order chi connectivity index (χ0) is 12.8. The summed E-state index contributed by atoms with van der Waals surface area (Å²) in [4.78, 5) is 14.6. The van der Waals surface area contributed by atoms with Crippen LogP contribution in [0.25, 0.3) is 10.4 Å². The number of ketones is 1. The van der Waals surface area contributed by atoms with E-state index in [2.05, 4.69) is 10.0 Å². The molecule has 0 saturated carbocycles. The maximum Gasteiger partial charge on any atom is 0.174 e. The molecule has 0 spiro atoms. The van der Waals surface area contributed by atoms with Crippen LogP contribution in [0.2, 0.25) is 5.02 Å². The van der Waals surface area contributed by atoms with Gasteiger partial charge in [0.05, 0.1) is 6.10 Å². The Morgan fingerprint density at radius 2 is 2.12 bits per heavy atom. The molecule has 0 aromatic heterocycles. The van der Waals surface area contributed by atoms with E-state index in [0.717, 1.165) is 0 Å². The maximum atomic E-state index is 12.0. The van der Waals surface area contributed by atoms with Gasteiger partial charge in [-0.1, -0.05) is 23.6 Å². The molecule has 0 aliphatic rings. The van der Waals surface area contributed by atoms with E-state index in [-0.39, 0.29) is 0 Å². The Morgan fingerprint density at radius 3 is 2.59 bits per heavy atom. The number of aliphatic hydroxyl groups is 1. The van der Waals surface area contributed by atoms with Gasteiger partial charge in [-0.2, -0.15) is 0 Å². The zero-order valence-corrected chi connectivity index (χ0v) is 10.0. The topological polar surface area (TPSA) is 86.1 Å². The first-order valence-electron chi connectivity index (χ1n) is 5.12. The predicted molar refractivity (Wildman–Crippen MR) is 65.0 cm³/mol. The number of Topliss-reactive ketones (excluding diaryl/α,β-unsaturated/α-hetero) is 1. The lowest BCUT2D eigenvalue weighted by molar-refractivity contribution is 0.0812. The van der Waals surface area contributed by atoms with Crippen molar-refractivity contribution in [3.63, 3.8) is 0 Å². The molecule has 2 atom stereocenters. The number of rotatable bonds is 5. The van der Waals surface area contributed by atoms with Gasteiger partial charge in [-0.05, 0) is 36.2 Å². The molecule has 0 amide bonds. The number of benzene rings is 1. The third kappa shape index (κ3) is 3.46. The SMILES string of the molecule is CC[C@H](O)[C@@H](N=[N+]=[N-])C(=O)c1ccc(Cl)cc1. The van der Waals surface area contributed by atoms with E-state index in [9.17, 15) is 9.90 Å². The maximum absolute atomic E-state index is 12.0. The molecule has 1 aromatic rings. The van der Waals surface area contributed by atoms with Crippen molar-refractivity contribution >= 4 is 17.4 Å². The van der Waals surface area contributed by atoms with Gasteiger partial charge >= 0.3 is 0 Å². The van der Waals surface area contributed by atoms with Crippen molar-refractivity contribution in [3.05, 3.63) is 45.3 Å². The summed E-state index contributed by atoms with van der Waals surface area (Å²) in [6.45, 7) is 1.71. The number of halogens is 1. The van der Waals surface area contributed by atoms with E-state index in [1.54, 1.807) is 19.1 Å². The van der Waals surface area contributed by atoms with Crippen molar-refractivity contribution in [1.82, 2.24) is 0 Å². The molecule has 0 fully saturated rings. The molecule has 0 unspecified atom stereocenters. The Kier molecular flexibility index (Phi) is 4.97. The molecule has 0 saturated heterocycles. The number of azide groups is 1. The summed E-state index contributed by atoms with van der Waals surface area (Å²) >= 11 is 5.70. The molecule has 0 aliphatic heterocycles. The predicted octanol–water partition coefficient (Wildman–Crippen LogP) is 2.97. The van der Waals surface area contributed by atoms with Crippen LogP contribution in [0.5, 0.6) is 0 Å². The van der Waals surface area contributed by atoms with Gasteiger partial charge in [-0.3, -0.25) is 4.79 Å². The molecule has 1 aromatic carbocycles.